The Morgan fingerprint density at radius 1 is 1.17 bits per heavy atom. The Labute approximate surface area is 134 Å². The van der Waals surface area contributed by atoms with Gasteiger partial charge in [-0.3, -0.25) is 10.1 Å². The van der Waals surface area contributed by atoms with Gasteiger partial charge in [-0.05, 0) is 24.1 Å². The third kappa shape index (κ3) is 4.29. The molecular weight excluding hydrogens is 298 g/mol. The van der Waals surface area contributed by atoms with Crippen LogP contribution >= 0.6 is 0 Å². The van der Waals surface area contributed by atoms with Crippen LogP contribution in [-0.4, -0.2) is 28.5 Å². The molecule has 0 spiro atoms. The Morgan fingerprint density at radius 3 is 2.39 bits per heavy atom. The predicted molar refractivity (Wildman–Crippen MR) is 87.8 cm³/mol. The van der Waals surface area contributed by atoms with E-state index in [2.05, 4.69) is 20.6 Å². The van der Waals surface area contributed by atoms with E-state index in [1.54, 1.807) is 7.11 Å². The first-order valence-corrected chi connectivity index (χ1v) is 7.25. The van der Waals surface area contributed by atoms with E-state index < -0.39 is 4.92 Å². The van der Waals surface area contributed by atoms with Crippen molar-refractivity contribution in [2.75, 3.05) is 24.3 Å². The summed E-state index contributed by atoms with van der Waals surface area (Å²) in [5.41, 5.74) is 0.816. The fourth-order valence-electron chi connectivity index (χ4n) is 1.98. The van der Waals surface area contributed by atoms with E-state index in [1.807, 2.05) is 31.2 Å². The summed E-state index contributed by atoms with van der Waals surface area (Å²) in [6.07, 6.45) is 2.15. The summed E-state index contributed by atoms with van der Waals surface area (Å²) in [7, 11) is 1.60. The molecule has 2 N–H and O–H groups in total. The molecule has 0 aliphatic heterocycles. The molecule has 0 saturated heterocycles. The van der Waals surface area contributed by atoms with Gasteiger partial charge in [-0.25, -0.2) is 9.97 Å². The molecule has 0 saturated carbocycles. The molecule has 2 rings (SSSR count). The molecule has 0 atom stereocenters. The van der Waals surface area contributed by atoms with Crippen molar-refractivity contribution in [3.63, 3.8) is 0 Å². The van der Waals surface area contributed by atoms with E-state index in [9.17, 15) is 10.1 Å². The van der Waals surface area contributed by atoms with Crippen molar-refractivity contribution in [3.05, 3.63) is 46.3 Å². The number of benzene rings is 1. The van der Waals surface area contributed by atoms with Crippen molar-refractivity contribution in [3.8, 4) is 5.75 Å². The summed E-state index contributed by atoms with van der Waals surface area (Å²) >= 11 is 0. The lowest BCUT2D eigenvalue weighted by atomic mass is 10.2. The van der Waals surface area contributed by atoms with Crippen LogP contribution in [0.25, 0.3) is 0 Å². The lowest BCUT2D eigenvalue weighted by Crippen LogP contribution is -2.10. The first kappa shape index (κ1) is 16.5. The van der Waals surface area contributed by atoms with E-state index in [4.69, 9.17) is 4.74 Å². The molecule has 23 heavy (non-hydrogen) atoms. The number of methoxy groups -OCH3 is 1. The quantitative estimate of drug-likeness (QED) is 0.570. The standard InChI is InChI=1S/C15H19N5O3/c1-3-8-16-14-13(20(21)22)15(19-10-18-14)17-9-11-4-6-12(23-2)7-5-11/h4-7,10H,3,8-9H2,1-2H3,(H2,16,17,18,19). The van der Waals surface area contributed by atoms with Crippen LogP contribution in [0, 0.1) is 10.1 Å². The van der Waals surface area contributed by atoms with Crippen molar-refractivity contribution >= 4 is 17.3 Å². The van der Waals surface area contributed by atoms with Gasteiger partial charge in [-0.2, -0.15) is 0 Å². The Kier molecular flexibility index (Phi) is 5.67. The van der Waals surface area contributed by atoms with Crippen LogP contribution < -0.4 is 15.4 Å². The lowest BCUT2D eigenvalue weighted by Gasteiger charge is -2.10. The molecule has 0 radical (unpaired) electrons. The molecule has 0 unspecified atom stereocenters. The van der Waals surface area contributed by atoms with Crippen LogP contribution in [0.15, 0.2) is 30.6 Å². The molecule has 1 aromatic heterocycles. The van der Waals surface area contributed by atoms with Crippen LogP contribution in [0.1, 0.15) is 18.9 Å². The SMILES string of the molecule is CCCNc1ncnc(NCc2ccc(OC)cc2)c1[N+](=O)[O-]. The number of nitro groups is 1. The van der Waals surface area contributed by atoms with Crippen molar-refractivity contribution in [1.29, 1.82) is 0 Å². The van der Waals surface area contributed by atoms with Crippen molar-refractivity contribution in [1.82, 2.24) is 9.97 Å². The number of ether oxygens (including phenoxy) is 1. The third-order valence-corrected chi connectivity index (χ3v) is 3.17. The number of rotatable bonds is 8. The van der Waals surface area contributed by atoms with Gasteiger partial charge in [0.2, 0.25) is 11.6 Å². The normalized spacial score (nSPS) is 10.2. The summed E-state index contributed by atoms with van der Waals surface area (Å²) in [5.74, 6) is 1.18. The maximum Gasteiger partial charge on any atom is 0.353 e. The van der Waals surface area contributed by atoms with Crippen LogP contribution in [0.2, 0.25) is 0 Å². The van der Waals surface area contributed by atoms with E-state index >= 15 is 0 Å². The second-order valence-electron chi connectivity index (χ2n) is 4.81. The highest BCUT2D eigenvalue weighted by molar-refractivity contribution is 5.69. The molecular formula is C15H19N5O3. The zero-order chi connectivity index (χ0) is 16.7. The molecule has 1 heterocycles. The fraction of sp³-hybridized carbons (Fsp3) is 0.333. The minimum atomic E-state index is -0.478. The minimum absolute atomic E-state index is 0.144. The zero-order valence-electron chi connectivity index (χ0n) is 13.1. The summed E-state index contributed by atoms with van der Waals surface area (Å²) in [4.78, 5) is 18.8. The first-order chi connectivity index (χ1) is 11.2. The molecule has 2 aromatic rings. The van der Waals surface area contributed by atoms with Crippen LogP contribution in [0.5, 0.6) is 5.75 Å². The number of hydrogen-bond donors (Lipinski definition) is 2. The molecule has 0 aliphatic rings. The number of nitrogens with one attached hydrogen (secondary N) is 2. The Bertz CT molecular complexity index is 661. The number of nitrogens with zero attached hydrogens (tertiary/aromatic N) is 3. The Hall–Kier alpha value is -2.90. The summed E-state index contributed by atoms with van der Waals surface area (Å²) in [5, 5.41) is 17.3. The second kappa shape index (κ2) is 7.92. The van der Waals surface area contributed by atoms with Crippen molar-refractivity contribution in [2.45, 2.75) is 19.9 Å². The maximum absolute atomic E-state index is 11.3. The van der Waals surface area contributed by atoms with Gasteiger partial charge in [0.05, 0.1) is 12.0 Å². The highest BCUT2D eigenvalue weighted by Crippen LogP contribution is 2.29. The number of aromatic nitrogens is 2. The average molecular weight is 317 g/mol. The van der Waals surface area contributed by atoms with Gasteiger partial charge < -0.3 is 15.4 Å². The summed E-state index contributed by atoms with van der Waals surface area (Å²) in [6.45, 7) is 2.99. The maximum atomic E-state index is 11.3. The summed E-state index contributed by atoms with van der Waals surface area (Å²) < 4.78 is 5.10. The highest BCUT2D eigenvalue weighted by Gasteiger charge is 2.22. The van der Waals surface area contributed by atoms with Crippen LogP contribution in [0.4, 0.5) is 17.3 Å². The Balaban J connectivity index is 2.16. The minimum Gasteiger partial charge on any atom is -0.497 e. The molecule has 8 heteroatoms. The van der Waals surface area contributed by atoms with Gasteiger partial charge in [0, 0.05) is 13.1 Å². The van der Waals surface area contributed by atoms with Gasteiger partial charge in [0.25, 0.3) is 0 Å². The van der Waals surface area contributed by atoms with Crippen LogP contribution in [0.3, 0.4) is 0 Å². The van der Waals surface area contributed by atoms with Gasteiger partial charge in [0.1, 0.15) is 12.1 Å². The van der Waals surface area contributed by atoms with Crippen molar-refractivity contribution < 1.29 is 9.66 Å². The van der Waals surface area contributed by atoms with E-state index in [1.165, 1.54) is 6.33 Å². The number of anilines is 2. The van der Waals surface area contributed by atoms with Gasteiger partial charge >= 0.3 is 5.69 Å². The predicted octanol–water partition coefficient (Wildman–Crippen LogP) is 2.83. The molecule has 0 bridgehead atoms. The largest absolute Gasteiger partial charge is 0.497 e. The topological polar surface area (TPSA) is 102 Å². The van der Waals surface area contributed by atoms with Gasteiger partial charge in [0.15, 0.2) is 0 Å². The molecule has 122 valence electrons. The number of hydrogen-bond acceptors (Lipinski definition) is 7. The first-order valence-electron chi connectivity index (χ1n) is 7.25. The van der Waals surface area contributed by atoms with Crippen molar-refractivity contribution in [2.24, 2.45) is 0 Å². The van der Waals surface area contributed by atoms with E-state index in [0.29, 0.717) is 13.1 Å². The summed E-state index contributed by atoms with van der Waals surface area (Å²) in [6, 6.07) is 7.43. The second-order valence-corrected chi connectivity index (χ2v) is 4.81. The van der Waals surface area contributed by atoms with E-state index in [-0.39, 0.29) is 17.3 Å². The van der Waals surface area contributed by atoms with Crippen LogP contribution in [-0.2, 0) is 6.54 Å². The molecule has 8 nitrogen and oxygen atoms in total. The fourth-order valence-corrected chi connectivity index (χ4v) is 1.98. The highest BCUT2D eigenvalue weighted by atomic mass is 16.6. The molecule has 0 amide bonds. The van der Waals surface area contributed by atoms with Gasteiger partial charge in [-0.15, -0.1) is 0 Å². The van der Waals surface area contributed by atoms with Gasteiger partial charge in [-0.1, -0.05) is 19.1 Å². The third-order valence-electron chi connectivity index (χ3n) is 3.17. The average Bonchev–Trinajstić information content (AvgIpc) is 2.58. The molecule has 0 aliphatic carbocycles. The smallest absolute Gasteiger partial charge is 0.353 e. The Morgan fingerprint density at radius 2 is 1.83 bits per heavy atom. The van der Waals surface area contributed by atoms with E-state index in [0.717, 1.165) is 17.7 Å². The zero-order valence-corrected chi connectivity index (χ0v) is 13.1. The molecule has 0 fully saturated rings. The molecule has 1 aromatic carbocycles. The lowest BCUT2D eigenvalue weighted by molar-refractivity contribution is -0.383. The monoisotopic (exact) mass is 317 g/mol.